The van der Waals surface area contributed by atoms with Gasteiger partial charge in [-0.25, -0.2) is 0 Å². The third-order valence-corrected chi connectivity index (χ3v) is 2.88. The number of ether oxygens (including phenoxy) is 1. The van der Waals surface area contributed by atoms with Crippen molar-refractivity contribution in [2.75, 3.05) is 7.11 Å². The minimum absolute atomic E-state index is 0.0133. The predicted molar refractivity (Wildman–Crippen MR) is 46.0 cm³/mol. The molecule has 0 aromatic heterocycles. The van der Waals surface area contributed by atoms with E-state index in [0.717, 1.165) is 24.8 Å². The Labute approximate surface area is 76.8 Å². The first-order chi connectivity index (χ1) is 6.24. The summed E-state index contributed by atoms with van der Waals surface area (Å²) in [6, 6.07) is 0. The molecular weight excluding hydrogens is 168 g/mol. The Morgan fingerprint density at radius 1 is 1.46 bits per heavy atom. The van der Waals surface area contributed by atoms with E-state index in [1.54, 1.807) is 0 Å². The number of carbonyl (C=O) groups is 2. The average molecular weight is 180 g/mol. The molecule has 1 atom stereocenters. The van der Waals surface area contributed by atoms with Gasteiger partial charge in [0.25, 0.3) is 0 Å². The van der Waals surface area contributed by atoms with Crippen LogP contribution in [0.1, 0.15) is 25.7 Å². The molecule has 0 fully saturated rings. The van der Waals surface area contributed by atoms with Gasteiger partial charge in [0.2, 0.25) is 0 Å². The number of rotatable bonds is 1. The largest absolute Gasteiger partial charge is 0.468 e. The van der Waals surface area contributed by atoms with E-state index < -0.39 is 5.92 Å². The summed E-state index contributed by atoms with van der Waals surface area (Å²) in [4.78, 5) is 22.8. The predicted octanol–water partition coefficient (Wildman–Crippen LogP) is 1.23. The SMILES string of the molecule is COC(=O)C1CC2=C(CCC2)C1=O. The van der Waals surface area contributed by atoms with Crippen LogP contribution in [0.2, 0.25) is 0 Å². The highest BCUT2D eigenvalue weighted by Gasteiger charge is 2.39. The van der Waals surface area contributed by atoms with Crippen molar-refractivity contribution >= 4 is 11.8 Å². The molecule has 0 bridgehead atoms. The number of hydrogen-bond acceptors (Lipinski definition) is 3. The molecule has 0 amide bonds. The van der Waals surface area contributed by atoms with Gasteiger partial charge in [0.1, 0.15) is 5.92 Å². The summed E-state index contributed by atoms with van der Waals surface area (Å²) < 4.78 is 4.58. The highest BCUT2D eigenvalue weighted by Crippen LogP contribution is 2.39. The first-order valence-corrected chi connectivity index (χ1v) is 4.57. The number of Topliss-reactive ketones (excluding diaryl/α,β-unsaturated/α-hetero) is 1. The van der Waals surface area contributed by atoms with Gasteiger partial charge in [-0.05, 0) is 31.3 Å². The standard InChI is InChI=1S/C10H12O3/c1-13-10(12)8-5-6-3-2-4-7(6)9(8)11/h8H,2-5H2,1H3. The molecule has 2 aliphatic rings. The van der Waals surface area contributed by atoms with E-state index in [0.29, 0.717) is 6.42 Å². The molecule has 3 nitrogen and oxygen atoms in total. The molecule has 0 heterocycles. The Kier molecular flexibility index (Phi) is 1.94. The smallest absolute Gasteiger partial charge is 0.316 e. The zero-order valence-electron chi connectivity index (χ0n) is 7.63. The quantitative estimate of drug-likeness (QED) is 0.450. The fourth-order valence-corrected chi connectivity index (χ4v) is 2.21. The topological polar surface area (TPSA) is 43.4 Å². The van der Waals surface area contributed by atoms with E-state index in [1.807, 2.05) is 0 Å². The lowest BCUT2D eigenvalue weighted by molar-refractivity contribution is -0.148. The van der Waals surface area contributed by atoms with Crippen LogP contribution in [0.5, 0.6) is 0 Å². The summed E-state index contributed by atoms with van der Waals surface area (Å²) in [6.45, 7) is 0. The molecule has 0 spiro atoms. The van der Waals surface area contributed by atoms with Crippen molar-refractivity contribution < 1.29 is 14.3 Å². The molecule has 0 radical (unpaired) electrons. The zero-order valence-corrected chi connectivity index (χ0v) is 7.63. The van der Waals surface area contributed by atoms with Gasteiger partial charge in [-0.15, -0.1) is 0 Å². The summed E-state index contributed by atoms with van der Waals surface area (Å²) >= 11 is 0. The zero-order chi connectivity index (χ0) is 9.42. The Hall–Kier alpha value is -1.12. The van der Waals surface area contributed by atoms with E-state index in [-0.39, 0.29) is 11.8 Å². The van der Waals surface area contributed by atoms with Crippen LogP contribution in [0, 0.1) is 5.92 Å². The normalized spacial score (nSPS) is 26.5. The fourth-order valence-electron chi connectivity index (χ4n) is 2.21. The van der Waals surface area contributed by atoms with Gasteiger partial charge in [-0.1, -0.05) is 5.57 Å². The highest BCUT2D eigenvalue weighted by atomic mass is 16.5. The van der Waals surface area contributed by atoms with Crippen molar-refractivity contribution in [3.8, 4) is 0 Å². The van der Waals surface area contributed by atoms with Crippen molar-refractivity contribution in [1.29, 1.82) is 0 Å². The van der Waals surface area contributed by atoms with Crippen LogP contribution in [-0.2, 0) is 14.3 Å². The third-order valence-electron chi connectivity index (χ3n) is 2.88. The molecule has 70 valence electrons. The second kappa shape index (κ2) is 2.98. The molecule has 0 saturated carbocycles. The molecule has 3 heteroatoms. The molecule has 0 aromatic carbocycles. The second-order valence-electron chi connectivity index (χ2n) is 3.58. The number of esters is 1. The fraction of sp³-hybridized carbons (Fsp3) is 0.600. The van der Waals surface area contributed by atoms with Crippen molar-refractivity contribution in [3.63, 3.8) is 0 Å². The van der Waals surface area contributed by atoms with Crippen LogP contribution < -0.4 is 0 Å². The maximum atomic E-state index is 11.6. The van der Waals surface area contributed by atoms with Crippen LogP contribution in [-0.4, -0.2) is 18.9 Å². The van der Waals surface area contributed by atoms with E-state index in [9.17, 15) is 9.59 Å². The lowest BCUT2D eigenvalue weighted by Crippen LogP contribution is -2.22. The lowest BCUT2D eigenvalue weighted by atomic mass is 10.0. The molecule has 1 unspecified atom stereocenters. The van der Waals surface area contributed by atoms with Gasteiger partial charge in [0.05, 0.1) is 7.11 Å². The second-order valence-corrected chi connectivity index (χ2v) is 3.58. The molecule has 0 aromatic rings. The molecule has 0 saturated heterocycles. The Bertz CT molecular complexity index is 301. The van der Waals surface area contributed by atoms with Gasteiger partial charge in [0.15, 0.2) is 5.78 Å². The number of allylic oxidation sites excluding steroid dienone is 2. The Morgan fingerprint density at radius 3 is 2.85 bits per heavy atom. The summed E-state index contributed by atoms with van der Waals surface area (Å²) in [7, 11) is 1.33. The van der Waals surface area contributed by atoms with Crippen LogP contribution in [0.3, 0.4) is 0 Å². The van der Waals surface area contributed by atoms with Crippen molar-refractivity contribution in [2.45, 2.75) is 25.7 Å². The summed E-state index contributed by atoms with van der Waals surface area (Å²) in [5.74, 6) is -0.881. The first kappa shape index (κ1) is 8.48. The van der Waals surface area contributed by atoms with Gasteiger partial charge in [-0.2, -0.15) is 0 Å². The number of hydrogen-bond donors (Lipinski definition) is 0. The monoisotopic (exact) mass is 180 g/mol. The maximum absolute atomic E-state index is 11.6. The van der Waals surface area contributed by atoms with E-state index in [1.165, 1.54) is 12.7 Å². The van der Waals surface area contributed by atoms with Gasteiger partial charge < -0.3 is 4.74 Å². The van der Waals surface area contributed by atoms with Crippen LogP contribution >= 0.6 is 0 Å². The van der Waals surface area contributed by atoms with Gasteiger partial charge in [0, 0.05) is 0 Å². The maximum Gasteiger partial charge on any atom is 0.316 e. The molecule has 2 rings (SSSR count). The number of carbonyl (C=O) groups excluding carboxylic acids is 2. The van der Waals surface area contributed by atoms with Gasteiger partial charge in [-0.3, -0.25) is 9.59 Å². The lowest BCUT2D eigenvalue weighted by Gasteiger charge is -2.07. The molecule has 13 heavy (non-hydrogen) atoms. The number of ketones is 1. The number of methoxy groups -OCH3 is 1. The van der Waals surface area contributed by atoms with E-state index >= 15 is 0 Å². The van der Waals surface area contributed by atoms with Crippen molar-refractivity contribution in [2.24, 2.45) is 5.92 Å². The summed E-state index contributed by atoms with van der Waals surface area (Å²) in [5.41, 5.74) is 2.11. The highest BCUT2D eigenvalue weighted by molar-refractivity contribution is 6.11. The summed E-state index contributed by atoms with van der Waals surface area (Å²) in [6.07, 6.45) is 3.54. The molecule has 0 N–H and O–H groups in total. The van der Waals surface area contributed by atoms with Crippen LogP contribution in [0.25, 0.3) is 0 Å². The minimum Gasteiger partial charge on any atom is -0.468 e. The first-order valence-electron chi connectivity index (χ1n) is 4.57. The average Bonchev–Trinajstić information content (AvgIpc) is 2.68. The third kappa shape index (κ3) is 1.19. The van der Waals surface area contributed by atoms with E-state index in [4.69, 9.17) is 0 Å². The Morgan fingerprint density at radius 2 is 2.23 bits per heavy atom. The molecular formula is C10H12O3. The Balaban J connectivity index is 2.16. The van der Waals surface area contributed by atoms with Crippen molar-refractivity contribution in [3.05, 3.63) is 11.1 Å². The molecule has 0 aliphatic heterocycles. The minimum atomic E-state index is -0.518. The van der Waals surface area contributed by atoms with E-state index in [2.05, 4.69) is 4.74 Å². The summed E-state index contributed by atoms with van der Waals surface area (Å²) in [5, 5.41) is 0. The van der Waals surface area contributed by atoms with Gasteiger partial charge >= 0.3 is 5.97 Å². The van der Waals surface area contributed by atoms with Crippen molar-refractivity contribution in [1.82, 2.24) is 0 Å². The molecule has 2 aliphatic carbocycles. The van der Waals surface area contributed by atoms with Crippen LogP contribution in [0.4, 0.5) is 0 Å². The van der Waals surface area contributed by atoms with Crippen LogP contribution in [0.15, 0.2) is 11.1 Å².